The Morgan fingerprint density at radius 1 is 1.33 bits per heavy atom. The highest BCUT2D eigenvalue weighted by molar-refractivity contribution is 4.99. The van der Waals surface area contributed by atoms with Crippen molar-refractivity contribution in [3.63, 3.8) is 0 Å². The summed E-state index contributed by atoms with van der Waals surface area (Å²) >= 11 is 0. The Kier molecular flexibility index (Phi) is 0.945. The molecule has 0 aromatic heterocycles. The third-order valence-electron chi connectivity index (χ3n) is 2.77. The van der Waals surface area contributed by atoms with Crippen molar-refractivity contribution in [3.05, 3.63) is 0 Å². The minimum Gasteiger partial charge on any atom is -0.219 e. The zero-order chi connectivity index (χ0) is 6.48. The van der Waals surface area contributed by atoms with Gasteiger partial charge < -0.3 is 0 Å². The van der Waals surface area contributed by atoms with Gasteiger partial charge in [0.05, 0.1) is 5.66 Å². The first kappa shape index (κ1) is 5.69. The van der Waals surface area contributed by atoms with E-state index in [0.29, 0.717) is 5.66 Å². The summed E-state index contributed by atoms with van der Waals surface area (Å²) in [7, 11) is 0. The third-order valence-corrected chi connectivity index (χ3v) is 2.77. The van der Waals surface area contributed by atoms with Crippen LogP contribution in [0.25, 0.3) is 0 Å². The van der Waals surface area contributed by atoms with E-state index in [1.807, 2.05) is 0 Å². The lowest BCUT2D eigenvalue weighted by molar-refractivity contribution is 0.412. The van der Waals surface area contributed by atoms with Gasteiger partial charge >= 0.3 is 0 Å². The maximum atomic E-state index is 2.48. The average Bonchev–Trinajstić information content (AvgIpc) is 2.39. The van der Waals surface area contributed by atoms with Crippen molar-refractivity contribution in [2.75, 3.05) is 13.1 Å². The summed E-state index contributed by atoms with van der Waals surface area (Å²) in [6, 6.07) is 0. The van der Waals surface area contributed by atoms with Crippen LogP contribution >= 0.6 is 0 Å². The van der Waals surface area contributed by atoms with E-state index in [0.717, 1.165) is 0 Å². The second-order valence-corrected chi connectivity index (χ2v) is 3.17. The quantitative estimate of drug-likeness (QED) is 0.484. The fraction of sp³-hybridized carbons (Fsp3) is 1.00. The van der Waals surface area contributed by atoms with Crippen LogP contribution in [0.5, 0.6) is 0 Å². The Labute approximate surface area is 56.4 Å². The monoisotopic (exact) mass is 126 g/mol. The van der Waals surface area contributed by atoms with Gasteiger partial charge in [0.1, 0.15) is 0 Å². The van der Waals surface area contributed by atoms with Crippen LogP contribution in [0.1, 0.15) is 26.7 Å². The standard InChI is InChI=1S/C7H14N2/c1-3-7(2)8-5-4-6-9(7)8/h3-6H2,1-2H3. The topological polar surface area (TPSA) is 6.02 Å². The molecule has 0 aromatic rings. The molecule has 2 aliphatic heterocycles. The lowest BCUT2D eigenvalue weighted by atomic mass is 10.2. The van der Waals surface area contributed by atoms with E-state index in [1.54, 1.807) is 0 Å². The molecule has 0 amide bonds. The summed E-state index contributed by atoms with van der Waals surface area (Å²) in [5.41, 5.74) is 0.470. The van der Waals surface area contributed by atoms with Gasteiger partial charge in [0.25, 0.3) is 0 Å². The van der Waals surface area contributed by atoms with Gasteiger partial charge in [0.15, 0.2) is 0 Å². The van der Waals surface area contributed by atoms with Gasteiger partial charge in [-0.25, -0.2) is 10.0 Å². The fourth-order valence-electron chi connectivity index (χ4n) is 1.90. The molecule has 2 atom stereocenters. The van der Waals surface area contributed by atoms with Gasteiger partial charge in [-0.2, -0.15) is 0 Å². The zero-order valence-corrected chi connectivity index (χ0v) is 6.22. The van der Waals surface area contributed by atoms with Crippen molar-refractivity contribution in [3.8, 4) is 0 Å². The molecule has 9 heavy (non-hydrogen) atoms. The molecule has 0 saturated carbocycles. The molecule has 2 aliphatic rings. The Morgan fingerprint density at radius 3 is 2.22 bits per heavy atom. The van der Waals surface area contributed by atoms with Crippen LogP contribution in [0, 0.1) is 0 Å². The molecule has 52 valence electrons. The highest BCUT2D eigenvalue weighted by atomic mass is 15.9. The number of hydrazine groups is 1. The molecule has 2 unspecified atom stereocenters. The molecule has 0 aliphatic carbocycles. The molecular weight excluding hydrogens is 112 g/mol. The van der Waals surface area contributed by atoms with Gasteiger partial charge in [-0.1, -0.05) is 6.92 Å². The molecule has 2 heterocycles. The smallest absolute Gasteiger partial charge is 0.0974 e. The zero-order valence-electron chi connectivity index (χ0n) is 6.22. The number of hydrogen-bond acceptors (Lipinski definition) is 2. The highest BCUT2D eigenvalue weighted by Gasteiger charge is 2.57. The van der Waals surface area contributed by atoms with Crippen molar-refractivity contribution in [2.45, 2.75) is 32.4 Å². The lowest BCUT2D eigenvalue weighted by Crippen LogP contribution is -2.18. The van der Waals surface area contributed by atoms with Crippen molar-refractivity contribution >= 4 is 0 Å². The molecule has 2 heteroatoms. The van der Waals surface area contributed by atoms with Crippen LogP contribution in [0.4, 0.5) is 0 Å². The molecule has 2 fully saturated rings. The van der Waals surface area contributed by atoms with E-state index < -0.39 is 0 Å². The first-order valence-corrected chi connectivity index (χ1v) is 3.84. The largest absolute Gasteiger partial charge is 0.219 e. The molecule has 0 bridgehead atoms. The lowest BCUT2D eigenvalue weighted by Gasteiger charge is -2.07. The number of rotatable bonds is 1. The van der Waals surface area contributed by atoms with Crippen LogP contribution in [-0.2, 0) is 0 Å². The molecule has 0 aromatic carbocycles. The minimum atomic E-state index is 0.470. The molecular formula is C7H14N2. The SMILES string of the molecule is CCC1(C)N2CCCN21. The van der Waals surface area contributed by atoms with Crippen molar-refractivity contribution < 1.29 is 0 Å². The van der Waals surface area contributed by atoms with Gasteiger partial charge in [0.2, 0.25) is 0 Å². The molecule has 2 rings (SSSR count). The number of nitrogens with zero attached hydrogens (tertiary/aromatic N) is 2. The van der Waals surface area contributed by atoms with Gasteiger partial charge in [-0.15, -0.1) is 0 Å². The summed E-state index contributed by atoms with van der Waals surface area (Å²) in [4.78, 5) is 0. The Balaban J connectivity index is 2.07. The summed E-state index contributed by atoms with van der Waals surface area (Å²) in [5, 5.41) is 4.96. The molecule has 0 radical (unpaired) electrons. The second-order valence-electron chi connectivity index (χ2n) is 3.17. The Bertz CT molecular complexity index is 123. The van der Waals surface area contributed by atoms with Crippen molar-refractivity contribution in [2.24, 2.45) is 0 Å². The summed E-state index contributed by atoms with van der Waals surface area (Å²) < 4.78 is 0. The third kappa shape index (κ3) is 0.528. The van der Waals surface area contributed by atoms with Crippen LogP contribution in [-0.4, -0.2) is 28.8 Å². The summed E-state index contributed by atoms with van der Waals surface area (Å²) in [5.74, 6) is 0. The van der Waals surface area contributed by atoms with E-state index in [4.69, 9.17) is 0 Å². The fourth-order valence-corrected chi connectivity index (χ4v) is 1.90. The number of fused-ring (bicyclic) bond motifs is 1. The van der Waals surface area contributed by atoms with Crippen molar-refractivity contribution in [1.29, 1.82) is 0 Å². The van der Waals surface area contributed by atoms with Gasteiger partial charge in [-0.05, 0) is 19.8 Å². The molecule has 2 saturated heterocycles. The minimum absolute atomic E-state index is 0.470. The first-order chi connectivity index (χ1) is 4.29. The summed E-state index contributed by atoms with van der Waals surface area (Å²) in [6.07, 6.45) is 2.64. The highest BCUT2D eigenvalue weighted by Crippen LogP contribution is 2.44. The van der Waals surface area contributed by atoms with Crippen LogP contribution in [0.15, 0.2) is 0 Å². The van der Waals surface area contributed by atoms with Crippen LogP contribution in [0.3, 0.4) is 0 Å². The maximum Gasteiger partial charge on any atom is 0.0974 e. The maximum absolute atomic E-state index is 2.48. The summed E-state index contributed by atoms with van der Waals surface area (Å²) in [6.45, 7) is 7.18. The first-order valence-electron chi connectivity index (χ1n) is 3.84. The predicted octanol–water partition coefficient (Wildman–Crippen LogP) is 1.05. The molecule has 0 N–H and O–H groups in total. The van der Waals surface area contributed by atoms with E-state index >= 15 is 0 Å². The molecule has 0 spiro atoms. The van der Waals surface area contributed by atoms with E-state index in [-0.39, 0.29) is 0 Å². The van der Waals surface area contributed by atoms with Gasteiger partial charge in [0, 0.05) is 13.1 Å². The Hall–Kier alpha value is -0.0800. The van der Waals surface area contributed by atoms with Gasteiger partial charge in [-0.3, -0.25) is 0 Å². The van der Waals surface area contributed by atoms with E-state index in [2.05, 4.69) is 23.9 Å². The normalized spacial score (nSPS) is 55.3. The van der Waals surface area contributed by atoms with Crippen LogP contribution < -0.4 is 0 Å². The predicted molar refractivity (Wildman–Crippen MR) is 36.7 cm³/mol. The van der Waals surface area contributed by atoms with Crippen molar-refractivity contribution in [1.82, 2.24) is 10.0 Å². The second kappa shape index (κ2) is 1.50. The molecule has 2 nitrogen and oxygen atoms in total. The van der Waals surface area contributed by atoms with E-state index in [9.17, 15) is 0 Å². The number of hydrogen-bond donors (Lipinski definition) is 0. The Morgan fingerprint density at radius 2 is 1.89 bits per heavy atom. The van der Waals surface area contributed by atoms with Crippen LogP contribution in [0.2, 0.25) is 0 Å². The van der Waals surface area contributed by atoms with E-state index in [1.165, 1.54) is 25.9 Å². The average molecular weight is 126 g/mol.